The third kappa shape index (κ3) is 2.93. The molecule has 1 N–H and O–H groups in total. The van der Waals surface area contributed by atoms with E-state index in [4.69, 9.17) is 0 Å². The van der Waals surface area contributed by atoms with Crippen molar-refractivity contribution in [2.24, 2.45) is 0 Å². The zero-order chi connectivity index (χ0) is 14.7. The highest BCUT2D eigenvalue weighted by Crippen LogP contribution is 2.25. The minimum Gasteiger partial charge on any atom is -0.313 e. The van der Waals surface area contributed by atoms with Crippen LogP contribution >= 0.6 is 0 Å². The number of halogens is 1. The van der Waals surface area contributed by atoms with Gasteiger partial charge in [0.1, 0.15) is 5.82 Å². The Labute approximate surface area is 123 Å². The largest absolute Gasteiger partial charge is 0.313 e. The first-order valence-corrected chi connectivity index (χ1v) is 7.12. The van der Waals surface area contributed by atoms with Crippen LogP contribution in [0.2, 0.25) is 0 Å². The maximum Gasteiger partial charge on any atom is 0.127 e. The summed E-state index contributed by atoms with van der Waals surface area (Å²) in [5.41, 5.74) is 3.71. The topological polar surface area (TPSA) is 24.9 Å². The van der Waals surface area contributed by atoms with Gasteiger partial charge < -0.3 is 5.32 Å². The lowest BCUT2D eigenvalue weighted by Crippen LogP contribution is -2.12. The molecule has 3 aromatic rings. The summed E-state index contributed by atoms with van der Waals surface area (Å²) in [5, 5.41) is 4.27. The van der Waals surface area contributed by atoms with Gasteiger partial charge in [-0.25, -0.2) is 4.39 Å². The lowest BCUT2D eigenvalue weighted by molar-refractivity contribution is 0.593. The summed E-state index contributed by atoms with van der Waals surface area (Å²) < 4.78 is 13.8. The molecule has 0 amide bonds. The van der Waals surface area contributed by atoms with Crippen LogP contribution in [0.5, 0.6) is 0 Å². The number of nitrogens with one attached hydrogen (secondary N) is 1. The molecule has 0 aliphatic rings. The van der Waals surface area contributed by atoms with Crippen molar-refractivity contribution in [3.8, 4) is 11.1 Å². The number of benzene rings is 2. The molecule has 0 bridgehead atoms. The number of nitrogens with zero attached hydrogens (tertiary/aromatic N) is 1. The second-order valence-electron chi connectivity index (χ2n) is 5.00. The molecular weight excluding hydrogens is 263 g/mol. The molecule has 0 aliphatic heterocycles. The molecule has 0 atom stereocenters. The van der Waals surface area contributed by atoms with Crippen molar-refractivity contribution >= 4 is 10.9 Å². The van der Waals surface area contributed by atoms with E-state index in [0.717, 1.165) is 28.6 Å². The van der Waals surface area contributed by atoms with Gasteiger partial charge in [-0.05, 0) is 41.9 Å². The number of aromatic nitrogens is 1. The van der Waals surface area contributed by atoms with Crippen molar-refractivity contribution in [3.05, 3.63) is 66.1 Å². The van der Waals surface area contributed by atoms with Gasteiger partial charge in [0.15, 0.2) is 0 Å². The van der Waals surface area contributed by atoms with E-state index in [9.17, 15) is 4.39 Å². The predicted molar refractivity (Wildman–Crippen MR) is 84.5 cm³/mol. The van der Waals surface area contributed by atoms with E-state index >= 15 is 0 Å². The van der Waals surface area contributed by atoms with Crippen LogP contribution in [0.1, 0.15) is 12.5 Å². The lowest BCUT2D eigenvalue weighted by atomic mass is 10.0. The summed E-state index contributed by atoms with van der Waals surface area (Å²) in [6, 6.07) is 15.3. The molecule has 0 spiro atoms. The van der Waals surface area contributed by atoms with Crippen molar-refractivity contribution in [1.29, 1.82) is 0 Å². The predicted octanol–water partition coefficient (Wildman–Crippen LogP) is 4.15. The molecule has 0 saturated heterocycles. The van der Waals surface area contributed by atoms with Crippen LogP contribution in [0, 0.1) is 5.82 Å². The van der Waals surface area contributed by atoms with E-state index in [1.807, 2.05) is 49.4 Å². The minimum absolute atomic E-state index is 0.168. The van der Waals surface area contributed by atoms with Gasteiger partial charge in [-0.1, -0.05) is 31.2 Å². The standard InChI is InChI=1S/C18H17FN2/c1-2-20-12-16-10-14(7-8-17(16)19)15-6-5-13-4-3-9-21-18(13)11-15/h3-11,20H,2,12H2,1H3. The molecule has 0 radical (unpaired) electrons. The first-order valence-electron chi connectivity index (χ1n) is 7.12. The van der Waals surface area contributed by atoms with E-state index in [0.29, 0.717) is 12.1 Å². The van der Waals surface area contributed by atoms with Gasteiger partial charge >= 0.3 is 0 Å². The number of pyridine rings is 1. The second kappa shape index (κ2) is 6.02. The van der Waals surface area contributed by atoms with E-state index in [2.05, 4.69) is 10.3 Å². The van der Waals surface area contributed by atoms with Crippen LogP contribution in [0.3, 0.4) is 0 Å². The Morgan fingerprint density at radius 1 is 1.05 bits per heavy atom. The zero-order valence-corrected chi connectivity index (χ0v) is 11.9. The van der Waals surface area contributed by atoms with E-state index in [1.165, 1.54) is 6.07 Å². The lowest BCUT2D eigenvalue weighted by Gasteiger charge is -2.08. The van der Waals surface area contributed by atoms with Gasteiger partial charge in [-0.15, -0.1) is 0 Å². The van der Waals surface area contributed by atoms with Crippen LogP contribution in [-0.4, -0.2) is 11.5 Å². The van der Waals surface area contributed by atoms with Gasteiger partial charge in [-0.2, -0.15) is 0 Å². The molecule has 0 unspecified atom stereocenters. The SMILES string of the molecule is CCNCc1cc(-c2ccc3cccnc3c2)ccc1F. The summed E-state index contributed by atoms with van der Waals surface area (Å²) in [7, 11) is 0. The van der Waals surface area contributed by atoms with Crippen molar-refractivity contribution in [3.63, 3.8) is 0 Å². The van der Waals surface area contributed by atoms with E-state index in [-0.39, 0.29) is 5.82 Å². The second-order valence-corrected chi connectivity index (χ2v) is 5.00. The Kier molecular flexibility index (Phi) is 3.93. The summed E-state index contributed by atoms with van der Waals surface area (Å²) in [4.78, 5) is 4.37. The number of hydrogen-bond acceptors (Lipinski definition) is 2. The highest BCUT2D eigenvalue weighted by molar-refractivity contribution is 5.84. The molecule has 3 heteroatoms. The number of fused-ring (bicyclic) bond motifs is 1. The summed E-state index contributed by atoms with van der Waals surface area (Å²) >= 11 is 0. The van der Waals surface area contributed by atoms with Crippen molar-refractivity contribution in [1.82, 2.24) is 10.3 Å². The van der Waals surface area contributed by atoms with E-state index < -0.39 is 0 Å². The zero-order valence-electron chi connectivity index (χ0n) is 11.9. The molecule has 106 valence electrons. The van der Waals surface area contributed by atoms with Crippen LogP contribution in [0.15, 0.2) is 54.7 Å². The Morgan fingerprint density at radius 2 is 1.86 bits per heavy atom. The fourth-order valence-corrected chi connectivity index (χ4v) is 2.40. The maximum atomic E-state index is 13.8. The number of hydrogen-bond donors (Lipinski definition) is 1. The Bertz CT molecular complexity index is 768. The highest BCUT2D eigenvalue weighted by atomic mass is 19.1. The molecule has 3 rings (SSSR count). The van der Waals surface area contributed by atoms with Crippen molar-refractivity contribution < 1.29 is 4.39 Å². The first-order chi connectivity index (χ1) is 10.3. The summed E-state index contributed by atoms with van der Waals surface area (Å²) in [6.45, 7) is 3.38. The number of rotatable bonds is 4. The monoisotopic (exact) mass is 280 g/mol. The first kappa shape index (κ1) is 13.7. The molecule has 0 fully saturated rings. The summed E-state index contributed by atoms with van der Waals surface area (Å²) in [5.74, 6) is -0.168. The highest BCUT2D eigenvalue weighted by Gasteiger charge is 2.06. The fraction of sp³-hybridized carbons (Fsp3) is 0.167. The van der Waals surface area contributed by atoms with Gasteiger partial charge in [0, 0.05) is 23.7 Å². The van der Waals surface area contributed by atoms with E-state index in [1.54, 1.807) is 6.20 Å². The Balaban J connectivity index is 2.01. The van der Waals surface area contributed by atoms with Crippen LogP contribution in [-0.2, 0) is 6.54 Å². The Morgan fingerprint density at radius 3 is 2.71 bits per heavy atom. The quantitative estimate of drug-likeness (QED) is 0.776. The molecule has 1 aromatic heterocycles. The molecule has 2 aromatic carbocycles. The van der Waals surface area contributed by atoms with Crippen molar-refractivity contribution in [2.75, 3.05) is 6.54 Å². The summed E-state index contributed by atoms with van der Waals surface area (Å²) in [6.07, 6.45) is 1.79. The van der Waals surface area contributed by atoms with Gasteiger partial charge in [0.05, 0.1) is 5.52 Å². The van der Waals surface area contributed by atoms with Crippen molar-refractivity contribution in [2.45, 2.75) is 13.5 Å². The van der Waals surface area contributed by atoms with Gasteiger partial charge in [-0.3, -0.25) is 4.98 Å². The third-order valence-corrected chi connectivity index (χ3v) is 3.55. The smallest absolute Gasteiger partial charge is 0.127 e. The molecule has 1 heterocycles. The minimum atomic E-state index is -0.168. The maximum absolute atomic E-state index is 13.8. The average molecular weight is 280 g/mol. The van der Waals surface area contributed by atoms with Gasteiger partial charge in [0.2, 0.25) is 0 Å². The normalized spacial score (nSPS) is 11.0. The van der Waals surface area contributed by atoms with Crippen LogP contribution < -0.4 is 5.32 Å². The molecule has 0 saturated carbocycles. The van der Waals surface area contributed by atoms with Crippen LogP contribution in [0.25, 0.3) is 22.0 Å². The molecule has 2 nitrogen and oxygen atoms in total. The average Bonchev–Trinajstić information content (AvgIpc) is 2.53. The van der Waals surface area contributed by atoms with Crippen LogP contribution in [0.4, 0.5) is 4.39 Å². The third-order valence-electron chi connectivity index (χ3n) is 3.55. The Hall–Kier alpha value is -2.26. The fourth-order valence-electron chi connectivity index (χ4n) is 2.40. The van der Waals surface area contributed by atoms with Gasteiger partial charge in [0.25, 0.3) is 0 Å². The molecular formula is C18H17FN2. The molecule has 0 aliphatic carbocycles. The molecule has 21 heavy (non-hydrogen) atoms.